The molecule has 0 radical (unpaired) electrons. The summed E-state index contributed by atoms with van der Waals surface area (Å²) in [6.07, 6.45) is 9.33. The summed E-state index contributed by atoms with van der Waals surface area (Å²) in [6.45, 7) is 6.32. The molecule has 0 heterocycles. The van der Waals surface area contributed by atoms with Crippen molar-refractivity contribution >= 4 is 5.97 Å². The van der Waals surface area contributed by atoms with E-state index in [2.05, 4.69) is 6.92 Å². The van der Waals surface area contributed by atoms with Gasteiger partial charge in [-0.2, -0.15) is 0 Å². The first-order chi connectivity index (χ1) is 7.22. The molecule has 88 valence electrons. The average Bonchev–Trinajstić information content (AvgIpc) is 2.23. The van der Waals surface area contributed by atoms with E-state index in [9.17, 15) is 4.79 Å². The van der Waals surface area contributed by atoms with Crippen molar-refractivity contribution in [1.82, 2.24) is 0 Å². The van der Waals surface area contributed by atoms with E-state index in [4.69, 9.17) is 4.74 Å². The lowest BCUT2D eigenvalue weighted by Gasteiger charge is -2.01. The highest BCUT2D eigenvalue weighted by Crippen LogP contribution is 2.07. The molecule has 0 atom stereocenters. The number of ether oxygens (including phenoxy) is 1. The summed E-state index contributed by atoms with van der Waals surface area (Å²) in [5.41, 5.74) is 0.743. The van der Waals surface area contributed by atoms with Crippen molar-refractivity contribution in [2.45, 2.75) is 59.3 Å². The van der Waals surface area contributed by atoms with Crippen LogP contribution in [-0.2, 0) is 9.53 Å². The minimum atomic E-state index is -0.175. The molecule has 0 rings (SSSR count). The van der Waals surface area contributed by atoms with Gasteiger partial charge in [0.1, 0.15) is 0 Å². The van der Waals surface area contributed by atoms with E-state index < -0.39 is 0 Å². The lowest BCUT2D eigenvalue weighted by Crippen LogP contribution is -2.04. The standard InChI is InChI=1S/C13H24O2/c1-4-6-7-8-9-10-11-12(3)13(14)15-5-2/h11H,4-10H2,1-3H3. The second kappa shape index (κ2) is 9.75. The fourth-order valence-electron chi connectivity index (χ4n) is 1.39. The van der Waals surface area contributed by atoms with Crippen molar-refractivity contribution in [1.29, 1.82) is 0 Å². The fraction of sp³-hybridized carbons (Fsp3) is 0.769. The molecular weight excluding hydrogens is 188 g/mol. The first kappa shape index (κ1) is 14.2. The SMILES string of the molecule is CCCCCCCC=C(C)C(=O)OCC. The van der Waals surface area contributed by atoms with Crippen LogP contribution in [0.4, 0.5) is 0 Å². The fourth-order valence-corrected chi connectivity index (χ4v) is 1.39. The quantitative estimate of drug-likeness (QED) is 0.347. The Morgan fingerprint density at radius 2 is 1.80 bits per heavy atom. The van der Waals surface area contributed by atoms with Gasteiger partial charge in [0, 0.05) is 5.57 Å². The van der Waals surface area contributed by atoms with E-state index in [-0.39, 0.29) is 5.97 Å². The second-order valence-corrected chi connectivity index (χ2v) is 3.81. The van der Waals surface area contributed by atoms with Crippen molar-refractivity contribution in [3.8, 4) is 0 Å². The number of rotatable bonds is 8. The summed E-state index contributed by atoms with van der Waals surface area (Å²) in [7, 11) is 0. The van der Waals surface area contributed by atoms with Gasteiger partial charge in [0.25, 0.3) is 0 Å². The van der Waals surface area contributed by atoms with Gasteiger partial charge < -0.3 is 4.74 Å². The molecule has 0 aromatic heterocycles. The van der Waals surface area contributed by atoms with E-state index >= 15 is 0 Å². The molecule has 0 aromatic carbocycles. The Morgan fingerprint density at radius 3 is 2.40 bits per heavy atom. The predicted octanol–water partition coefficient (Wildman–Crippen LogP) is 3.86. The van der Waals surface area contributed by atoms with Crippen molar-refractivity contribution in [3.63, 3.8) is 0 Å². The van der Waals surface area contributed by atoms with Crippen LogP contribution in [0.25, 0.3) is 0 Å². The highest BCUT2D eigenvalue weighted by atomic mass is 16.5. The number of allylic oxidation sites excluding steroid dienone is 1. The molecule has 0 N–H and O–H groups in total. The molecule has 15 heavy (non-hydrogen) atoms. The Labute approximate surface area is 93.7 Å². The number of unbranched alkanes of at least 4 members (excludes halogenated alkanes) is 5. The molecule has 0 aromatic rings. The maximum atomic E-state index is 11.2. The smallest absolute Gasteiger partial charge is 0.333 e. The van der Waals surface area contributed by atoms with Crippen LogP contribution in [0.1, 0.15) is 59.3 Å². The van der Waals surface area contributed by atoms with Crippen molar-refractivity contribution in [3.05, 3.63) is 11.6 Å². The molecule has 0 aliphatic carbocycles. The highest BCUT2D eigenvalue weighted by Gasteiger charge is 2.02. The van der Waals surface area contributed by atoms with Crippen LogP contribution >= 0.6 is 0 Å². The zero-order valence-corrected chi connectivity index (χ0v) is 10.3. The minimum absolute atomic E-state index is 0.175. The zero-order chi connectivity index (χ0) is 11.5. The Hall–Kier alpha value is -0.790. The molecule has 0 saturated heterocycles. The van der Waals surface area contributed by atoms with E-state index in [1.54, 1.807) is 0 Å². The number of esters is 1. The van der Waals surface area contributed by atoms with Gasteiger partial charge in [-0.3, -0.25) is 0 Å². The van der Waals surface area contributed by atoms with Gasteiger partial charge in [-0.15, -0.1) is 0 Å². The topological polar surface area (TPSA) is 26.3 Å². The van der Waals surface area contributed by atoms with Gasteiger partial charge in [0.05, 0.1) is 6.61 Å². The summed E-state index contributed by atoms with van der Waals surface area (Å²) in [5.74, 6) is -0.175. The van der Waals surface area contributed by atoms with Crippen molar-refractivity contribution in [2.24, 2.45) is 0 Å². The monoisotopic (exact) mass is 212 g/mol. The molecule has 0 spiro atoms. The first-order valence-corrected chi connectivity index (χ1v) is 6.06. The second-order valence-electron chi connectivity index (χ2n) is 3.81. The molecule has 0 amide bonds. The van der Waals surface area contributed by atoms with E-state index in [1.165, 1.54) is 32.1 Å². The van der Waals surface area contributed by atoms with Crippen LogP contribution in [-0.4, -0.2) is 12.6 Å². The van der Waals surface area contributed by atoms with Crippen LogP contribution in [0.5, 0.6) is 0 Å². The van der Waals surface area contributed by atoms with Gasteiger partial charge in [0.15, 0.2) is 0 Å². The van der Waals surface area contributed by atoms with Crippen LogP contribution < -0.4 is 0 Å². The van der Waals surface area contributed by atoms with Gasteiger partial charge in [-0.25, -0.2) is 4.79 Å². The third-order valence-corrected chi connectivity index (χ3v) is 2.36. The molecule has 0 fully saturated rings. The normalized spacial score (nSPS) is 11.5. The molecular formula is C13H24O2. The molecule has 0 bridgehead atoms. The molecule has 2 heteroatoms. The third-order valence-electron chi connectivity index (χ3n) is 2.36. The predicted molar refractivity (Wildman–Crippen MR) is 63.8 cm³/mol. The van der Waals surface area contributed by atoms with Crippen molar-refractivity contribution in [2.75, 3.05) is 6.61 Å². The Balaban J connectivity index is 3.53. The molecule has 0 aliphatic heterocycles. The van der Waals surface area contributed by atoms with Gasteiger partial charge in [-0.1, -0.05) is 38.7 Å². The molecule has 0 aliphatic rings. The van der Waals surface area contributed by atoms with Crippen LogP contribution in [0, 0.1) is 0 Å². The summed E-state index contributed by atoms with van der Waals surface area (Å²) >= 11 is 0. The summed E-state index contributed by atoms with van der Waals surface area (Å²) in [5, 5.41) is 0. The largest absolute Gasteiger partial charge is 0.463 e. The molecule has 0 unspecified atom stereocenters. The van der Waals surface area contributed by atoms with Gasteiger partial charge in [-0.05, 0) is 26.7 Å². The van der Waals surface area contributed by atoms with Crippen molar-refractivity contribution < 1.29 is 9.53 Å². The molecule has 2 nitrogen and oxygen atoms in total. The number of hydrogen-bond acceptors (Lipinski definition) is 2. The number of hydrogen-bond donors (Lipinski definition) is 0. The summed E-state index contributed by atoms with van der Waals surface area (Å²) in [6, 6.07) is 0. The number of carbonyl (C=O) groups is 1. The highest BCUT2D eigenvalue weighted by molar-refractivity contribution is 5.87. The average molecular weight is 212 g/mol. The summed E-state index contributed by atoms with van der Waals surface area (Å²) in [4.78, 5) is 11.2. The van der Waals surface area contributed by atoms with Crippen LogP contribution in [0.3, 0.4) is 0 Å². The third kappa shape index (κ3) is 8.22. The first-order valence-electron chi connectivity index (χ1n) is 6.06. The van der Waals surface area contributed by atoms with E-state index in [0.29, 0.717) is 6.61 Å². The van der Waals surface area contributed by atoms with E-state index in [1.807, 2.05) is 19.9 Å². The Kier molecular flexibility index (Phi) is 9.24. The Morgan fingerprint density at radius 1 is 1.13 bits per heavy atom. The maximum absolute atomic E-state index is 11.2. The van der Waals surface area contributed by atoms with Gasteiger partial charge >= 0.3 is 5.97 Å². The maximum Gasteiger partial charge on any atom is 0.333 e. The molecule has 0 saturated carbocycles. The lowest BCUT2D eigenvalue weighted by molar-refractivity contribution is -0.138. The minimum Gasteiger partial charge on any atom is -0.463 e. The van der Waals surface area contributed by atoms with Crippen LogP contribution in [0.15, 0.2) is 11.6 Å². The zero-order valence-electron chi connectivity index (χ0n) is 10.3. The summed E-state index contributed by atoms with van der Waals surface area (Å²) < 4.78 is 4.89. The van der Waals surface area contributed by atoms with Crippen LogP contribution in [0.2, 0.25) is 0 Å². The van der Waals surface area contributed by atoms with Gasteiger partial charge in [0.2, 0.25) is 0 Å². The lowest BCUT2D eigenvalue weighted by atomic mass is 10.1. The van der Waals surface area contributed by atoms with E-state index in [0.717, 1.165) is 12.0 Å². The number of carbonyl (C=O) groups excluding carboxylic acids is 1. The Bertz CT molecular complexity index is 195.